The first-order valence-corrected chi connectivity index (χ1v) is 4.97. The molecule has 0 spiro atoms. The zero-order chi connectivity index (χ0) is 11.1. The molecule has 16 heavy (non-hydrogen) atoms. The zero-order valence-corrected chi connectivity index (χ0v) is 8.34. The second kappa shape index (κ2) is 3.30. The molecule has 0 saturated carbocycles. The van der Waals surface area contributed by atoms with Crippen molar-refractivity contribution in [2.75, 3.05) is 0 Å². The molecule has 2 aromatic carbocycles. The summed E-state index contributed by atoms with van der Waals surface area (Å²) in [6, 6.07) is 8.83. The summed E-state index contributed by atoms with van der Waals surface area (Å²) < 4.78 is 31.5. The monoisotopic (exact) mass is 218 g/mol. The minimum Gasteiger partial charge on any atom is -0.457 e. The Morgan fingerprint density at radius 2 is 1.31 bits per heavy atom. The van der Waals surface area contributed by atoms with Crippen molar-refractivity contribution in [1.29, 1.82) is 0 Å². The standard InChI is InChI=1S/C13H8F2O/c14-10-3-1-8-5-9-2-4-11(15)7-13(9)16-12(8)6-10/h1-4,6-7H,5H2. The van der Waals surface area contributed by atoms with Gasteiger partial charge in [0.1, 0.15) is 23.1 Å². The lowest BCUT2D eigenvalue weighted by Gasteiger charge is -2.19. The third-order valence-electron chi connectivity index (χ3n) is 2.66. The Morgan fingerprint density at radius 1 is 0.812 bits per heavy atom. The molecule has 3 heteroatoms. The van der Waals surface area contributed by atoms with Gasteiger partial charge >= 0.3 is 0 Å². The molecule has 0 bridgehead atoms. The van der Waals surface area contributed by atoms with Gasteiger partial charge in [-0.15, -0.1) is 0 Å². The number of benzene rings is 2. The van der Waals surface area contributed by atoms with E-state index in [-0.39, 0.29) is 11.6 Å². The van der Waals surface area contributed by atoms with Gasteiger partial charge in [0.15, 0.2) is 0 Å². The molecule has 0 fully saturated rings. The van der Waals surface area contributed by atoms with Crippen LogP contribution in [0.15, 0.2) is 36.4 Å². The van der Waals surface area contributed by atoms with Crippen molar-refractivity contribution in [3.05, 3.63) is 59.2 Å². The topological polar surface area (TPSA) is 9.23 Å². The first kappa shape index (κ1) is 9.33. The van der Waals surface area contributed by atoms with Crippen LogP contribution in [0.2, 0.25) is 0 Å². The van der Waals surface area contributed by atoms with Crippen molar-refractivity contribution < 1.29 is 13.5 Å². The largest absolute Gasteiger partial charge is 0.457 e. The van der Waals surface area contributed by atoms with Crippen molar-refractivity contribution in [2.24, 2.45) is 0 Å². The van der Waals surface area contributed by atoms with E-state index in [0.29, 0.717) is 17.9 Å². The Labute approximate surface area is 91.3 Å². The number of halogens is 2. The van der Waals surface area contributed by atoms with Gasteiger partial charge in [0, 0.05) is 18.6 Å². The molecule has 0 unspecified atom stereocenters. The lowest BCUT2D eigenvalue weighted by molar-refractivity contribution is 0.449. The van der Waals surface area contributed by atoms with Gasteiger partial charge < -0.3 is 4.74 Å². The van der Waals surface area contributed by atoms with E-state index < -0.39 is 0 Å². The van der Waals surface area contributed by atoms with E-state index >= 15 is 0 Å². The van der Waals surface area contributed by atoms with Crippen LogP contribution in [-0.4, -0.2) is 0 Å². The van der Waals surface area contributed by atoms with Crippen molar-refractivity contribution >= 4 is 0 Å². The lowest BCUT2D eigenvalue weighted by Crippen LogP contribution is -2.03. The van der Waals surface area contributed by atoms with Crippen LogP contribution < -0.4 is 4.74 Å². The second-order valence-electron chi connectivity index (χ2n) is 3.78. The number of ether oxygens (including phenoxy) is 1. The Bertz CT molecular complexity index is 514. The summed E-state index contributed by atoms with van der Waals surface area (Å²) in [5.41, 5.74) is 1.83. The third-order valence-corrected chi connectivity index (χ3v) is 2.66. The fraction of sp³-hybridized carbons (Fsp3) is 0.0769. The molecule has 1 aliphatic rings. The molecular weight excluding hydrogens is 210 g/mol. The summed E-state index contributed by atoms with van der Waals surface area (Å²) in [5.74, 6) is 0.244. The maximum Gasteiger partial charge on any atom is 0.133 e. The van der Waals surface area contributed by atoms with Crippen LogP contribution in [0.1, 0.15) is 11.1 Å². The average molecular weight is 218 g/mol. The van der Waals surface area contributed by atoms with Crippen LogP contribution in [0.5, 0.6) is 11.5 Å². The first-order chi connectivity index (χ1) is 7.72. The molecule has 0 aliphatic carbocycles. The molecule has 0 N–H and O–H groups in total. The van der Waals surface area contributed by atoms with Gasteiger partial charge in [0.2, 0.25) is 0 Å². The van der Waals surface area contributed by atoms with Gasteiger partial charge in [-0.1, -0.05) is 12.1 Å². The highest BCUT2D eigenvalue weighted by Gasteiger charge is 2.17. The number of hydrogen-bond acceptors (Lipinski definition) is 1. The van der Waals surface area contributed by atoms with Crippen molar-refractivity contribution in [1.82, 2.24) is 0 Å². The minimum atomic E-state index is -0.349. The van der Waals surface area contributed by atoms with E-state index in [0.717, 1.165) is 11.1 Å². The molecule has 80 valence electrons. The molecule has 0 atom stereocenters. The Balaban J connectivity index is 2.10. The highest BCUT2D eigenvalue weighted by molar-refractivity contribution is 5.49. The van der Waals surface area contributed by atoms with Crippen LogP contribution >= 0.6 is 0 Å². The first-order valence-electron chi connectivity index (χ1n) is 4.97. The minimum absolute atomic E-state index is 0.349. The van der Waals surface area contributed by atoms with Crippen LogP contribution in [0.25, 0.3) is 0 Å². The fourth-order valence-electron chi connectivity index (χ4n) is 1.86. The summed E-state index contributed by atoms with van der Waals surface area (Å²) in [5, 5.41) is 0. The summed E-state index contributed by atoms with van der Waals surface area (Å²) in [6.45, 7) is 0. The highest BCUT2D eigenvalue weighted by Crippen LogP contribution is 2.36. The van der Waals surface area contributed by atoms with Gasteiger partial charge in [-0.05, 0) is 23.3 Å². The van der Waals surface area contributed by atoms with E-state index in [1.807, 2.05) is 0 Å². The molecule has 1 nitrogen and oxygen atoms in total. The normalized spacial score (nSPS) is 12.6. The molecule has 3 rings (SSSR count). The van der Waals surface area contributed by atoms with Gasteiger partial charge in [0.25, 0.3) is 0 Å². The molecule has 0 aromatic heterocycles. The fourth-order valence-corrected chi connectivity index (χ4v) is 1.86. The number of rotatable bonds is 0. The predicted molar refractivity (Wildman–Crippen MR) is 55.7 cm³/mol. The van der Waals surface area contributed by atoms with Gasteiger partial charge in [-0.3, -0.25) is 0 Å². The second-order valence-corrected chi connectivity index (χ2v) is 3.78. The Hall–Kier alpha value is -1.90. The molecule has 1 aliphatic heterocycles. The van der Waals surface area contributed by atoms with Crippen LogP contribution in [0, 0.1) is 11.6 Å². The molecule has 2 aromatic rings. The summed E-state index contributed by atoms with van der Waals surface area (Å²) >= 11 is 0. The van der Waals surface area contributed by atoms with Crippen LogP contribution in [0.3, 0.4) is 0 Å². The Morgan fingerprint density at radius 3 is 1.81 bits per heavy atom. The van der Waals surface area contributed by atoms with Crippen molar-refractivity contribution in [3.8, 4) is 11.5 Å². The summed E-state index contributed by atoms with van der Waals surface area (Å²) in [4.78, 5) is 0. The van der Waals surface area contributed by atoms with E-state index in [1.165, 1.54) is 24.3 Å². The molecule has 1 heterocycles. The lowest BCUT2D eigenvalue weighted by atomic mass is 10.0. The zero-order valence-electron chi connectivity index (χ0n) is 8.34. The average Bonchev–Trinajstić information content (AvgIpc) is 2.26. The van der Waals surface area contributed by atoms with Crippen molar-refractivity contribution in [3.63, 3.8) is 0 Å². The highest BCUT2D eigenvalue weighted by atomic mass is 19.1. The quantitative estimate of drug-likeness (QED) is 0.559. The molecule has 0 amide bonds. The van der Waals surface area contributed by atoms with Crippen LogP contribution in [0.4, 0.5) is 8.78 Å². The van der Waals surface area contributed by atoms with Gasteiger partial charge in [0.05, 0.1) is 0 Å². The van der Waals surface area contributed by atoms with Crippen LogP contribution in [-0.2, 0) is 6.42 Å². The number of hydrogen-bond donors (Lipinski definition) is 0. The summed E-state index contributed by atoms with van der Waals surface area (Å²) in [6.07, 6.45) is 0.644. The van der Waals surface area contributed by atoms with E-state index in [4.69, 9.17) is 4.74 Å². The Kier molecular flexibility index (Phi) is 1.93. The van der Waals surface area contributed by atoms with E-state index in [1.54, 1.807) is 12.1 Å². The summed E-state index contributed by atoms with van der Waals surface area (Å²) in [7, 11) is 0. The van der Waals surface area contributed by atoms with Gasteiger partial charge in [-0.25, -0.2) is 8.78 Å². The maximum atomic E-state index is 13.0. The van der Waals surface area contributed by atoms with E-state index in [2.05, 4.69) is 0 Å². The number of fused-ring (bicyclic) bond motifs is 2. The molecule has 0 saturated heterocycles. The smallest absolute Gasteiger partial charge is 0.133 e. The van der Waals surface area contributed by atoms with Gasteiger partial charge in [-0.2, -0.15) is 0 Å². The molecular formula is C13H8F2O. The maximum absolute atomic E-state index is 13.0. The molecule has 0 radical (unpaired) electrons. The van der Waals surface area contributed by atoms with E-state index in [9.17, 15) is 8.78 Å². The SMILES string of the molecule is Fc1ccc2c(c1)Oc1cc(F)ccc1C2. The predicted octanol–water partition coefficient (Wildman–Crippen LogP) is 3.66. The third kappa shape index (κ3) is 1.45. The van der Waals surface area contributed by atoms with Crippen molar-refractivity contribution in [2.45, 2.75) is 6.42 Å².